The lowest BCUT2D eigenvalue weighted by atomic mass is 10.2. The van der Waals surface area contributed by atoms with Crippen LogP contribution in [0.3, 0.4) is 0 Å². The monoisotopic (exact) mass is 264 g/mol. The Balaban J connectivity index is 2.13. The van der Waals surface area contributed by atoms with E-state index in [4.69, 9.17) is 0 Å². The summed E-state index contributed by atoms with van der Waals surface area (Å²) in [5.41, 5.74) is 2.36. The summed E-state index contributed by atoms with van der Waals surface area (Å²) in [5.74, 6) is 0. The van der Waals surface area contributed by atoms with Gasteiger partial charge in [0, 0.05) is 22.9 Å². The van der Waals surface area contributed by atoms with Crippen molar-refractivity contribution in [3.63, 3.8) is 0 Å². The van der Waals surface area contributed by atoms with E-state index in [1.54, 1.807) is 0 Å². The topological polar surface area (TPSA) is 17.8 Å². The number of nitrogens with zero attached hydrogens (tertiary/aromatic N) is 2. The molecule has 0 aromatic carbocycles. The Morgan fingerprint density at radius 2 is 2.13 bits per heavy atom. The molecule has 1 aliphatic rings. The molecule has 0 atom stereocenters. The molecule has 78 valence electrons. The third-order valence-corrected chi connectivity index (χ3v) is 3.69. The first-order valence-corrected chi connectivity index (χ1v) is 6.26. The second-order valence-electron chi connectivity index (χ2n) is 4.22. The summed E-state index contributed by atoms with van der Waals surface area (Å²) in [6, 6.07) is 4.97. The fourth-order valence-corrected chi connectivity index (χ4v) is 2.83. The van der Waals surface area contributed by atoms with Gasteiger partial charge < -0.3 is 4.57 Å². The zero-order chi connectivity index (χ0) is 10.3. The minimum atomic E-state index is 0.693. The zero-order valence-electron chi connectivity index (χ0n) is 8.49. The number of halogens is 1. The van der Waals surface area contributed by atoms with Crippen molar-refractivity contribution in [2.75, 3.05) is 0 Å². The van der Waals surface area contributed by atoms with Gasteiger partial charge in [-0.2, -0.15) is 0 Å². The van der Waals surface area contributed by atoms with Gasteiger partial charge in [0.2, 0.25) is 0 Å². The minimum Gasteiger partial charge on any atom is -0.343 e. The van der Waals surface area contributed by atoms with Gasteiger partial charge in [-0.3, -0.25) is 4.98 Å². The van der Waals surface area contributed by atoms with Crippen LogP contribution in [0.4, 0.5) is 0 Å². The summed E-state index contributed by atoms with van der Waals surface area (Å²) in [6.07, 6.45) is 9.41. The molecule has 0 bridgehead atoms. The quantitative estimate of drug-likeness (QED) is 0.764. The Morgan fingerprint density at radius 1 is 1.33 bits per heavy atom. The van der Waals surface area contributed by atoms with Gasteiger partial charge in [-0.15, -0.1) is 0 Å². The van der Waals surface area contributed by atoms with E-state index in [0.717, 1.165) is 9.99 Å². The predicted octanol–water partition coefficient (Wildman–Crippen LogP) is 3.91. The molecule has 0 unspecified atom stereocenters. The number of pyridine rings is 1. The maximum Gasteiger partial charge on any atom is 0.0881 e. The number of hydrogen-bond acceptors (Lipinski definition) is 1. The number of hydrogen-bond donors (Lipinski definition) is 0. The molecular weight excluding hydrogens is 252 g/mol. The molecule has 1 aliphatic carbocycles. The van der Waals surface area contributed by atoms with E-state index < -0.39 is 0 Å². The molecule has 3 rings (SSSR count). The minimum absolute atomic E-state index is 0.693. The summed E-state index contributed by atoms with van der Waals surface area (Å²) < 4.78 is 3.45. The molecule has 1 fully saturated rings. The van der Waals surface area contributed by atoms with E-state index in [2.05, 4.69) is 43.8 Å². The van der Waals surface area contributed by atoms with Crippen LogP contribution in [0.1, 0.15) is 31.7 Å². The number of fused-ring (bicyclic) bond motifs is 1. The predicted molar refractivity (Wildman–Crippen MR) is 64.9 cm³/mol. The third-order valence-electron chi connectivity index (χ3n) is 3.25. The van der Waals surface area contributed by atoms with E-state index in [9.17, 15) is 0 Å². The first-order valence-electron chi connectivity index (χ1n) is 5.47. The first kappa shape index (κ1) is 9.40. The van der Waals surface area contributed by atoms with Crippen molar-refractivity contribution >= 4 is 27.0 Å². The first-order chi connectivity index (χ1) is 7.34. The van der Waals surface area contributed by atoms with Gasteiger partial charge in [-0.1, -0.05) is 12.8 Å². The second-order valence-corrected chi connectivity index (χ2v) is 5.13. The van der Waals surface area contributed by atoms with Crippen LogP contribution < -0.4 is 0 Å². The smallest absolute Gasteiger partial charge is 0.0881 e. The van der Waals surface area contributed by atoms with Crippen molar-refractivity contribution in [3.8, 4) is 0 Å². The normalized spacial score (nSPS) is 17.7. The van der Waals surface area contributed by atoms with Gasteiger partial charge in [0.1, 0.15) is 0 Å². The summed E-state index contributed by atoms with van der Waals surface area (Å²) in [6.45, 7) is 0. The highest BCUT2D eigenvalue weighted by Gasteiger charge is 2.18. The SMILES string of the molecule is Brc1cnc2ccn(C3CCCC3)c2c1. The molecule has 2 aromatic rings. The lowest BCUT2D eigenvalue weighted by molar-refractivity contribution is 0.535. The van der Waals surface area contributed by atoms with Gasteiger partial charge in [-0.25, -0.2) is 0 Å². The maximum atomic E-state index is 4.41. The molecule has 2 heterocycles. The summed E-state index contributed by atoms with van der Waals surface area (Å²) in [7, 11) is 0. The molecule has 0 spiro atoms. The van der Waals surface area contributed by atoms with E-state index in [1.807, 2.05) is 6.20 Å². The summed E-state index contributed by atoms with van der Waals surface area (Å²) in [4.78, 5) is 4.41. The molecule has 2 aromatic heterocycles. The molecule has 1 saturated carbocycles. The molecule has 0 aliphatic heterocycles. The van der Waals surface area contributed by atoms with Crippen LogP contribution in [0.25, 0.3) is 11.0 Å². The molecule has 0 saturated heterocycles. The highest BCUT2D eigenvalue weighted by Crippen LogP contribution is 2.32. The molecule has 0 amide bonds. The van der Waals surface area contributed by atoms with Crippen LogP contribution in [-0.2, 0) is 0 Å². The van der Waals surface area contributed by atoms with Crippen LogP contribution in [0.5, 0.6) is 0 Å². The maximum absolute atomic E-state index is 4.41. The standard InChI is InChI=1S/C12H13BrN2/c13-9-7-12-11(14-8-9)5-6-15(12)10-3-1-2-4-10/h5-8,10H,1-4H2. The van der Waals surface area contributed by atoms with Gasteiger partial charge in [0.25, 0.3) is 0 Å². The van der Waals surface area contributed by atoms with E-state index in [1.165, 1.54) is 31.2 Å². The Kier molecular flexibility index (Phi) is 2.28. The molecule has 3 heteroatoms. The number of rotatable bonds is 1. The molecule has 0 N–H and O–H groups in total. The van der Waals surface area contributed by atoms with Crippen LogP contribution in [0.2, 0.25) is 0 Å². The Morgan fingerprint density at radius 3 is 2.93 bits per heavy atom. The Bertz CT molecular complexity index is 483. The van der Waals surface area contributed by atoms with Crippen molar-refractivity contribution < 1.29 is 0 Å². The van der Waals surface area contributed by atoms with E-state index >= 15 is 0 Å². The van der Waals surface area contributed by atoms with Gasteiger partial charge in [0.15, 0.2) is 0 Å². The van der Waals surface area contributed by atoms with Crippen molar-refractivity contribution in [2.24, 2.45) is 0 Å². The van der Waals surface area contributed by atoms with Crippen molar-refractivity contribution in [1.82, 2.24) is 9.55 Å². The van der Waals surface area contributed by atoms with Crippen LogP contribution in [0.15, 0.2) is 29.0 Å². The zero-order valence-corrected chi connectivity index (χ0v) is 10.1. The molecule has 2 nitrogen and oxygen atoms in total. The van der Waals surface area contributed by atoms with Gasteiger partial charge in [-0.05, 0) is 40.9 Å². The molecular formula is C12H13BrN2. The second kappa shape index (κ2) is 3.63. The number of aromatic nitrogens is 2. The lowest BCUT2D eigenvalue weighted by Crippen LogP contribution is -2.02. The fraction of sp³-hybridized carbons (Fsp3) is 0.417. The fourth-order valence-electron chi connectivity index (χ4n) is 2.51. The lowest BCUT2D eigenvalue weighted by Gasteiger charge is -2.12. The van der Waals surface area contributed by atoms with E-state index in [-0.39, 0.29) is 0 Å². The van der Waals surface area contributed by atoms with Gasteiger partial charge in [0.05, 0.1) is 11.0 Å². The molecule has 0 radical (unpaired) electrons. The Hall–Kier alpha value is -0.830. The van der Waals surface area contributed by atoms with Crippen LogP contribution in [0, 0.1) is 0 Å². The summed E-state index contributed by atoms with van der Waals surface area (Å²) >= 11 is 3.48. The van der Waals surface area contributed by atoms with Crippen molar-refractivity contribution in [2.45, 2.75) is 31.7 Å². The van der Waals surface area contributed by atoms with Crippen molar-refractivity contribution in [3.05, 3.63) is 29.0 Å². The molecule has 15 heavy (non-hydrogen) atoms. The largest absolute Gasteiger partial charge is 0.343 e. The average Bonchev–Trinajstić information content (AvgIpc) is 2.83. The third kappa shape index (κ3) is 1.59. The van der Waals surface area contributed by atoms with Crippen LogP contribution >= 0.6 is 15.9 Å². The van der Waals surface area contributed by atoms with Gasteiger partial charge >= 0.3 is 0 Å². The average molecular weight is 265 g/mol. The van der Waals surface area contributed by atoms with E-state index in [0.29, 0.717) is 6.04 Å². The summed E-state index contributed by atoms with van der Waals surface area (Å²) in [5, 5.41) is 0. The highest BCUT2D eigenvalue weighted by atomic mass is 79.9. The van der Waals surface area contributed by atoms with Crippen molar-refractivity contribution in [1.29, 1.82) is 0 Å². The highest BCUT2D eigenvalue weighted by molar-refractivity contribution is 9.10. The van der Waals surface area contributed by atoms with Crippen LogP contribution in [-0.4, -0.2) is 9.55 Å². The Labute approximate surface area is 97.4 Å².